The van der Waals surface area contributed by atoms with Gasteiger partial charge in [0.05, 0.1) is 11.4 Å². The Labute approximate surface area is 133 Å². The van der Waals surface area contributed by atoms with Crippen LogP contribution in [-0.2, 0) is 4.79 Å². The fraction of sp³-hybridized carbons (Fsp3) is 0.389. The second-order valence-corrected chi connectivity index (χ2v) is 6.64. The Morgan fingerprint density at radius 2 is 1.87 bits per heavy atom. The number of aliphatic carboxylic acids is 1. The first-order valence-corrected chi connectivity index (χ1v) is 7.97. The van der Waals surface area contributed by atoms with Crippen molar-refractivity contribution < 1.29 is 14.7 Å². The van der Waals surface area contributed by atoms with Crippen LogP contribution in [0, 0.1) is 11.3 Å². The number of hydrogen-bond acceptors (Lipinski definition) is 3. The van der Waals surface area contributed by atoms with Crippen LogP contribution in [0.2, 0.25) is 0 Å². The normalized spacial score (nSPS) is 22.3. The SMILES string of the molecule is O=C(O)C1CC12CCN(C(=O)c1ccc3ccccc3n1)CC2. The zero-order valence-corrected chi connectivity index (χ0v) is 12.7. The van der Waals surface area contributed by atoms with Crippen LogP contribution in [0.4, 0.5) is 0 Å². The number of amides is 1. The maximum atomic E-state index is 12.6. The molecule has 5 nitrogen and oxygen atoms in total. The molecule has 1 unspecified atom stereocenters. The Bertz CT molecular complexity index is 794. The molecule has 5 heteroatoms. The molecule has 1 spiro atoms. The van der Waals surface area contributed by atoms with E-state index in [1.165, 1.54) is 0 Å². The van der Waals surface area contributed by atoms with E-state index in [-0.39, 0.29) is 17.2 Å². The lowest BCUT2D eigenvalue weighted by Gasteiger charge is -2.32. The summed E-state index contributed by atoms with van der Waals surface area (Å²) in [6, 6.07) is 11.4. The number of fused-ring (bicyclic) bond motifs is 1. The summed E-state index contributed by atoms with van der Waals surface area (Å²) in [5, 5.41) is 10.2. The van der Waals surface area contributed by atoms with E-state index in [1.807, 2.05) is 30.3 Å². The number of likely N-dealkylation sites (tertiary alicyclic amines) is 1. The fourth-order valence-electron chi connectivity index (χ4n) is 3.75. The Balaban J connectivity index is 1.48. The van der Waals surface area contributed by atoms with Crippen molar-refractivity contribution >= 4 is 22.8 Å². The number of carboxylic acid groups (broad SMARTS) is 1. The lowest BCUT2D eigenvalue weighted by atomic mass is 9.90. The number of benzene rings is 1. The van der Waals surface area contributed by atoms with Crippen molar-refractivity contribution in [2.45, 2.75) is 19.3 Å². The third-order valence-electron chi connectivity index (χ3n) is 5.35. The predicted octanol–water partition coefficient (Wildman–Crippen LogP) is 2.56. The van der Waals surface area contributed by atoms with E-state index in [9.17, 15) is 9.59 Å². The molecule has 1 saturated heterocycles. The van der Waals surface area contributed by atoms with Crippen molar-refractivity contribution in [2.24, 2.45) is 11.3 Å². The van der Waals surface area contributed by atoms with Gasteiger partial charge < -0.3 is 10.0 Å². The molecule has 1 N–H and O–H groups in total. The van der Waals surface area contributed by atoms with E-state index in [1.54, 1.807) is 11.0 Å². The van der Waals surface area contributed by atoms with E-state index >= 15 is 0 Å². The number of para-hydroxylation sites is 1. The number of carboxylic acids is 1. The number of carbonyl (C=O) groups excluding carboxylic acids is 1. The zero-order chi connectivity index (χ0) is 16.0. The molecule has 0 bridgehead atoms. The molecule has 1 amide bonds. The van der Waals surface area contributed by atoms with E-state index in [2.05, 4.69) is 4.98 Å². The highest BCUT2D eigenvalue weighted by molar-refractivity contribution is 5.95. The summed E-state index contributed by atoms with van der Waals surface area (Å²) < 4.78 is 0. The first-order chi connectivity index (χ1) is 11.1. The van der Waals surface area contributed by atoms with Gasteiger partial charge in [-0.1, -0.05) is 24.3 Å². The lowest BCUT2D eigenvalue weighted by molar-refractivity contribution is -0.139. The van der Waals surface area contributed by atoms with Gasteiger partial charge in [0.15, 0.2) is 0 Å². The van der Waals surface area contributed by atoms with Crippen LogP contribution in [0.3, 0.4) is 0 Å². The van der Waals surface area contributed by atoms with Crippen molar-refractivity contribution in [3.05, 3.63) is 42.1 Å². The van der Waals surface area contributed by atoms with Gasteiger partial charge in [-0.05, 0) is 36.8 Å². The average Bonchev–Trinajstić information content (AvgIpc) is 3.28. The molecule has 2 heterocycles. The highest BCUT2D eigenvalue weighted by atomic mass is 16.4. The number of nitrogens with zero attached hydrogens (tertiary/aromatic N) is 2. The number of piperidine rings is 1. The number of carbonyl (C=O) groups is 2. The molecule has 1 atom stereocenters. The smallest absolute Gasteiger partial charge is 0.307 e. The van der Waals surface area contributed by atoms with Gasteiger partial charge in [-0.25, -0.2) is 4.98 Å². The van der Waals surface area contributed by atoms with E-state index in [0.29, 0.717) is 18.8 Å². The Kier molecular flexibility index (Phi) is 3.11. The van der Waals surface area contributed by atoms with Crippen LogP contribution in [0.25, 0.3) is 10.9 Å². The second kappa shape index (κ2) is 5.05. The lowest BCUT2D eigenvalue weighted by Crippen LogP contribution is -2.40. The highest BCUT2D eigenvalue weighted by Crippen LogP contribution is 2.59. The largest absolute Gasteiger partial charge is 0.481 e. The van der Waals surface area contributed by atoms with Crippen molar-refractivity contribution in [1.29, 1.82) is 0 Å². The van der Waals surface area contributed by atoms with E-state index in [0.717, 1.165) is 30.2 Å². The van der Waals surface area contributed by atoms with Gasteiger partial charge in [0.2, 0.25) is 0 Å². The third-order valence-corrected chi connectivity index (χ3v) is 5.35. The molecule has 2 aliphatic rings. The number of hydrogen-bond donors (Lipinski definition) is 1. The molecule has 1 aromatic carbocycles. The molecular formula is C18H18N2O3. The van der Waals surface area contributed by atoms with Crippen LogP contribution in [-0.4, -0.2) is 40.0 Å². The van der Waals surface area contributed by atoms with Crippen LogP contribution in [0.5, 0.6) is 0 Å². The summed E-state index contributed by atoms with van der Waals surface area (Å²) in [5.74, 6) is -0.961. The standard InChI is InChI=1S/C18H18N2O3/c21-16(15-6-5-12-3-1-2-4-14(12)19-15)20-9-7-18(8-10-20)11-13(18)17(22)23/h1-6,13H,7-11H2,(H,22,23). The van der Waals surface area contributed by atoms with E-state index < -0.39 is 5.97 Å². The van der Waals surface area contributed by atoms with Crippen LogP contribution < -0.4 is 0 Å². The average molecular weight is 310 g/mol. The highest BCUT2D eigenvalue weighted by Gasteiger charge is 2.59. The Hall–Kier alpha value is -2.43. The molecule has 2 fully saturated rings. The van der Waals surface area contributed by atoms with Gasteiger partial charge in [0, 0.05) is 18.5 Å². The molecule has 1 aliphatic carbocycles. The summed E-state index contributed by atoms with van der Waals surface area (Å²) >= 11 is 0. The Morgan fingerprint density at radius 1 is 1.13 bits per heavy atom. The fourth-order valence-corrected chi connectivity index (χ4v) is 3.75. The topological polar surface area (TPSA) is 70.5 Å². The van der Waals surface area contributed by atoms with Gasteiger partial charge in [0.1, 0.15) is 5.69 Å². The quantitative estimate of drug-likeness (QED) is 0.925. The summed E-state index contributed by atoms with van der Waals surface area (Å²) in [4.78, 5) is 30.0. The molecule has 4 rings (SSSR count). The molecule has 1 aliphatic heterocycles. The zero-order valence-electron chi connectivity index (χ0n) is 12.7. The molecule has 2 aromatic rings. The minimum Gasteiger partial charge on any atom is -0.481 e. The number of aromatic nitrogens is 1. The summed E-state index contributed by atoms with van der Waals surface area (Å²) in [7, 11) is 0. The molecule has 1 saturated carbocycles. The van der Waals surface area contributed by atoms with Gasteiger partial charge >= 0.3 is 5.97 Å². The first-order valence-electron chi connectivity index (χ1n) is 7.97. The van der Waals surface area contributed by atoms with Crippen molar-refractivity contribution in [2.75, 3.05) is 13.1 Å². The molecular weight excluding hydrogens is 292 g/mol. The molecule has 1 aromatic heterocycles. The second-order valence-electron chi connectivity index (χ2n) is 6.64. The van der Waals surface area contributed by atoms with Gasteiger partial charge in [-0.15, -0.1) is 0 Å². The van der Waals surface area contributed by atoms with E-state index in [4.69, 9.17) is 5.11 Å². The Morgan fingerprint density at radius 3 is 2.57 bits per heavy atom. The maximum absolute atomic E-state index is 12.6. The third kappa shape index (κ3) is 2.36. The minimum absolute atomic E-state index is 0.0561. The van der Waals surface area contributed by atoms with Crippen molar-refractivity contribution in [1.82, 2.24) is 9.88 Å². The number of rotatable bonds is 2. The van der Waals surface area contributed by atoms with Crippen LogP contribution in [0.1, 0.15) is 29.8 Å². The van der Waals surface area contributed by atoms with Gasteiger partial charge in [0.25, 0.3) is 5.91 Å². The summed E-state index contributed by atoms with van der Waals surface area (Å²) in [5.41, 5.74) is 1.23. The predicted molar refractivity (Wildman–Crippen MR) is 85.1 cm³/mol. The number of pyridine rings is 1. The minimum atomic E-state index is -0.694. The summed E-state index contributed by atoms with van der Waals surface area (Å²) in [6.07, 6.45) is 2.32. The van der Waals surface area contributed by atoms with Crippen LogP contribution in [0.15, 0.2) is 36.4 Å². The van der Waals surface area contributed by atoms with Gasteiger partial charge in [-0.2, -0.15) is 0 Å². The monoisotopic (exact) mass is 310 g/mol. The molecule has 0 radical (unpaired) electrons. The molecule has 118 valence electrons. The molecule has 23 heavy (non-hydrogen) atoms. The first kappa shape index (κ1) is 14.2. The summed E-state index contributed by atoms with van der Waals surface area (Å²) in [6.45, 7) is 1.24. The van der Waals surface area contributed by atoms with Crippen LogP contribution >= 0.6 is 0 Å². The van der Waals surface area contributed by atoms with Crippen molar-refractivity contribution in [3.63, 3.8) is 0 Å². The van der Waals surface area contributed by atoms with Crippen molar-refractivity contribution in [3.8, 4) is 0 Å². The van der Waals surface area contributed by atoms with Gasteiger partial charge in [-0.3, -0.25) is 9.59 Å². The maximum Gasteiger partial charge on any atom is 0.307 e.